The van der Waals surface area contributed by atoms with Crippen molar-refractivity contribution in [2.75, 3.05) is 7.11 Å². The fraction of sp³-hybridized carbons (Fsp3) is 0.400. The zero-order valence-electron chi connectivity index (χ0n) is 11.0. The lowest BCUT2D eigenvalue weighted by Crippen LogP contribution is -2.08. The molecule has 1 aromatic heterocycles. The van der Waals surface area contributed by atoms with Gasteiger partial charge in [-0.2, -0.15) is 5.10 Å². The van der Waals surface area contributed by atoms with Crippen LogP contribution in [-0.4, -0.2) is 16.9 Å². The largest absolute Gasteiger partial charge is 0.496 e. The van der Waals surface area contributed by atoms with Crippen LogP contribution in [0.1, 0.15) is 31.7 Å². The van der Waals surface area contributed by atoms with Gasteiger partial charge < -0.3 is 4.74 Å². The van der Waals surface area contributed by atoms with Gasteiger partial charge in [-0.1, -0.05) is 30.5 Å². The Labute approximate surface area is 118 Å². The Bertz CT molecular complexity index is 573. The Morgan fingerprint density at radius 1 is 1.26 bits per heavy atom. The van der Waals surface area contributed by atoms with Crippen molar-refractivity contribution >= 4 is 11.6 Å². The van der Waals surface area contributed by atoms with Crippen LogP contribution in [0.15, 0.2) is 30.5 Å². The van der Waals surface area contributed by atoms with Crippen LogP contribution in [0.5, 0.6) is 5.75 Å². The number of hydrogen-bond acceptors (Lipinski definition) is 2. The van der Waals surface area contributed by atoms with Gasteiger partial charge in [0.15, 0.2) is 0 Å². The Balaban J connectivity index is 2.10. The molecule has 3 nitrogen and oxygen atoms in total. The molecular formula is C15H17ClN2O. The summed E-state index contributed by atoms with van der Waals surface area (Å²) in [4.78, 5) is 0. The first-order valence-corrected chi connectivity index (χ1v) is 7.05. The Morgan fingerprint density at radius 2 is 2.05 bits per heavy atom. The maximum atomic E-state index is 6.36. The third-order valence-corrected chi connectivity index (χ3v) is 4.11. The smallest absolute Gasteiger partial charge is 0.129 e. The summed E-state index contributed by atoms with van der Waals surface area (Å²) in [6.07, 6.45) is 6.80. The van der Waals surface area contributed by atoms with Gasteiger partial charge in [-0.05, 0) is 31.0 Å². The summed E-state index contributed by atoms with van der Waals surface area (Å²) in [5.41, 5.74) is 1.99. The number of benzene rings is 1. The molecule has 0 atom stereocenters. The minimum absolute atomic E-state index is 0.492. The van der Waals surface area contributed by atoms with E-state index in [1.165, 1.54) is 25.7 Å². The van der Waals surface area contributed by atoms with Crippen LogP contribution in [0, 0.1) is 0 Å². The minimum Gasteiger partial charge on any atom is -0.496 e. The van der Waals surface area contributed by atoms with Gasteiger partial charge in [-0.3, -0.25) is 4.68 Å². The van der Waals surface area contributed by atoms with Crippen LogP contribution >= 0.6 is 11.6 Å². The van der Waals surface area contributed by atoms with Crippen LogP contribution in [-0.2, 0) is 0 Å². The van der Waals surface area contributed by atoms with E-state index in [2.05, 4.69) is 9.78 Å². The third-order valence-electron chi connectivity index (χ3n) is 3.79. The Kier molecular flexibility index (Phi) is 3.47. The number of rotatable bonds is 3. The fourth-order valence-corrected chi connectivity index (χ4v) is 3.14. The van der Waals surface area contributed by atoms with Crippen molar-refractivity contribution < 1.29 is 4.74 Å². The maximum Gasteiger partial charge on any atom is 0.129 e. The molecule has 0 bridgehead atoms. The van der Waals surface area contributed by atoms with E-state index in [-0.39, 0.29) is 0 Å². The second-order valence-corrected chi connectivity index (χ2v) is 5.32. The quantitative estimate of drug-likeness (QED) is 0.834. The molecule has 0 saturated heterocycles. The lowest BCUT2D eigenvalue weighted by atomic mass is 10.1. The molecule has 1 aliphatic carbocycles. The molecule has 0 N–H and O–H groups in total. The third kappa shape index (κ3) is 2.23. The van der Waals surface area contributed by atoms with Gasteiger partial charge in [0.05, 0.1) is 29.4 Å². The normalized spacial score (nSPS) is 15.9. The van der Waals surface area contributed by atoms with E-state index >= 15 is 0 Å². The summed E-state index contributed by atoms with van der Waals surface area (Å²) in [5.74, 6) is 0.798. The van der Waals surface area contributed by atoms with Crippen molar-refractivity contribution in [1.29, 1.82) is 0 Å². The summed E-state index contributed by atoms with van der Waals surface area (Å²) in [7, 11) is 1.67. The average molecular weight is 277 g/mol. The van der Waals surface area contributed by atoms with Gasteiger partial charge in [0.2, 0.25) is 0 Å². The van der Waals surface area contributed by atoms with Crippen molar-refractivity contribution in [2.24, 2.45) is 0 Å². The van der Waals surface area contributed by atoms with Gasteiger partial charge >= 0.3 is 0 Å². The molecule has 1 aromatic carbocycles. The summed E-state index contributed by atoms with van der Waals surface area (Å²) in [6.45, 7) is 0. The molecule has 0 spiro atoms. The number of halogens is 1. The first-order valence-electron chi connectivity index (χ1n) is 6.67. The fourth-order valence-electron chi connectivity index (χ4n) is 2.88. The van der Waals surface area contributed by atoms with Gasteiger partial charge in [-0.25, -0.2) is 0 Å². The van der Waals surface area contributed by atoms with E-state index in [0.29, 0.717) is 11.1 Å². The first kappa shape index (κ1) is 12.5. The summed E-state index contributed by atoms with van der Waals surface area (Å²) >= 11 is 6.36. The van der Waals surface area contributed by atoms with Crippen molar-refractivity contribution in [3.63, 3.8) is 0 Å². The van der Waals surface area contributed by atoms with E-state index < -0.39 is 0 Å². The molecule has 4 heteroatoms. The van der Waals surface area contributed by atoms with E-state index in [9.17, 15) is 0 Å². The number of hydrogen-bond donors (Lipinski definition) is 0. The van der Waals surface area contributed by atoms with Crippen LogP contribution in [0.4, 0.5) is 0 Å². The SMILES string of the molecule is COc1cccc(Cl)c1-c1ccnn1C1CCCC1. The van der Waals surface area contributed by atoms with E-state index in [4.69, 9.17) is 16.3 Å². The second kappa shape index (κ2) is 5.25. The lowest BCUT2D eigenvalue weighted by molar-refractivity contribution is 0.414. The minimum atomic E-state index is 0.492. The number of aromatic nitrogens is 2. The summed E-state index contributed by atoms with van der Waals surface area (Å²) < 4.78 is 7.55. The van der Waals surface area contributed by atoms with E-state index in [0.717, 1.165) is 17.0 Å². The highest BCUT2D eigenvalue weighted by atomic mass is 35.5. The van der Waals surface area contributed by atoms with Crippen molar-refractivity contribution in [2.45, 2.75) is 31.7 Å². The van der Waals surface area contributed by atoms with Gasteiger partial charge in [0, 0.05) is 6.20 Å². The van der Waals surface area contributed by atoms with Crippen LogP contribution in [0.2, 0.25) is 5.02 Å². The number of nitrogens with zero attached hydrogens (tertiary/aromatic N) is 2. The van der Waals surface area contributed by atoms with E-state index in [1.807, 2.05) is 30.5 Å². The van der Waals surface area contributed by atoms with Crippen molar-refractivity contribution in [1.82, 2.24) is 9.78 Å². The zero-order chi connectivity index (χ0) is 13.2. The summed E-state index contributed by atoms with van der Waals surface area (Å²) in [5, 5.41) is 5.20. The van der Waals surface area contributed by atoms with E-state index in [1.54, 1.807) is 7.11 Å². The van der Waals surface area contributed by atoms with Crippen LogP contribution in [0.3, 0.4) is 0 Å². The molecule has 1 heterocycles. The molecule has 0 unspecified atom stereocenters. The topological polar surface area (TPSA) is 27.1 Å². The average Bonchev–Trinajstić information content (AvgIpc) is 3.08. The van der Waals surface area contributed by atoms with Crippen LogP contribution < -0.4 is 4.74 Å². The summed E-state index contributed by atoms with van der Waals surface area (Å²) in [6, 6.07) is 8.24. The van der Waals surface area contributed by atoms with Gasteiger partial charge in [0.1, 0.15) is 5.75 Å². The molecule has 0 radical (unpaired) electrons. The molecule has 0 amide bonds. The molecule has 0 aliphatic heterocycles. The monoisotopic (exact) mass is 276 g/mol. The van der Waals surface area contributed by atoms with Crippen LogP contribution in [0.25, 0.3) is 11.3 Å². The highest BCUT2D eigenvalue weighted by Crippen LogP contribution is 2.39. The number of methoxy groups -OCH3 is 1. The Morgan fingerprint density at radius 3 is 2.79 bits per heavy atom. The predicted octanol–water partition coefficient (Wildman–Crippen LogP) is 4.33. The number of ether oxygens (including phenoxy) is 1. The molecule has 2 aromatic rings. The first-order chi connectivity index (χ1) is 9.31. The maximum absolute atomic E-state index is 6.36. The molecule has 100 valence electrons. The predicted molar refractivity (Wildman–Crippen MR) is 76.7 cm³/mol. The van der Waals surface area contributed by atoms with Gasteiger partial charge in [0.25, 0.3) is 0 Å². The zero-order valence-corrected chi connectivity index (χ0v) is 11.7. The molecule has 19 heavy (non-hydrogen) atoms. The second-order valence-electron chi connectivity index (χ2n) is 4.92. The standard InChI is InChI=1S/C15H17ClN2O/c1-19-14-8-4-7-12(16)15(14)13-9-10-17-18(13)11-5-2-3-6-11/h4,7-11H,2-3,5-6H2,1H3. The molecule has 1 fully saturated rings. The molecule has 3 rings (SSSR count). The highest BCUT2D eigenvalue weighted by molar-refractivity contribution is 6.33. The molecule has 1 saturated carbocycles. The van der Waals surface area contributed by atoms with Gasteiger partial charge in [-0.15, -0.1) is 0 Å². The lowest BCUT2D eigenvalue weighted by Gasteiger charge is -2.17. The van der Waals surface area contributed by atoms with Crippen molar-refractivity contribution in [3.8, 4) is 17.0 Å². The molecule has 1 aliphatic rings. The van der Waals surface area contributed by atoms with Crippen molar-refractivity contribution in [3.05, 3.63) is 35.5 Å². The Hall–Kier alpha value is -1.48. The highest BCUT2D eigenvalue weighted by Gasteiger charge is 2.22. The molecular weight excluding hydrogens is 260 g/mol.